The van der Waals surface area contributed by atoms with Gasteiger partial charge in [-0.15, -0.1) is 0 Å². The summed E-state index contributed by atoms with van der Waals surface area (Å²) in [4.78, 5) is 25.9. The first kappa shape index (κ1) is 18.5. The number of carbonyl (C=O) groups excluding carboxylic acids is 2. The molecule has 1 heterocycles. The first-order valence-corrected chi connectivity index (χ1v) is 8.98. The number of carbonyl (C=O) groups is 2. The highest BCUT2D eigenvalue weighted by Crippen LogP contribution is 2.26. The maximum Gasteiger partial charge on any atom is 0.257 e. The summed E-state index contributed by atoms with van der Waals surface area (Å²) < 4.78 is 5.40. The van der Waals surface area contributed by atoms with E-state index >= 15 is 0 Å². The van der Waals surface area contributed by atoms with Gasteiger partial charge < -0.3 is 15.0 Å². The van der Waals surface area contributed by atoms with Gasteiger partial charge in [-0.05, 0) is 48.5 Å². The van der Waals surface area contributed by atoms with Crippen molar-refractivity contribution in [1.29, 1.82) is 0 Å². The molecule has 3 rings (SSSR count). The number of amides is 2. The molecule has 26 heavy (non-hydrogen) atoms. The molecule has 1 aliphatic rings. The third-order valence-corrected chi connectivity index (χ3v) is 4.62. The Morgan fingerprint density at radius 1 is 1.08 bits per heavy atom. The molecule has 1 unspecified atom stereocenters. The SMILES string of the molecule is O=C(COc1ccc(Cl)cc1)NCC1CC(=O)N(c2ccc(Cl)cc2)C1. The second-order valence-electron chi connectivity index (χ2n) is 6.10. The zero-order valence-electron chi connectivity index (χ0n) is 14.0. The molecule has 5 nitrogen and oxygen atoms in total. The van der Waals surface area contributed by atoms with E-state index in [1.807, 2.05) is 12.1 Å². The Bertz CT molecular complexity index is 778. The van der Waals surface area contributed by atoms with E-state index in [2.05, 4.69) is 5.32 Å². The van der Waals surface area contributed by atoms with Crippen LogP contribution in [0.15, 0.2) is 48.5 Å². The number of rotatable bonds is 6. The summed E-state index contributed by atoms with van der Waals surface area (Å²) in [5, 5.41) is 4.06. The van der Waals surface area contributed by atoms with Gasteiger partial charge in [0, 0.05) is 41.2 Å². The quantitative estimate of drug-likeness (QED) is 0.817. The lowest BCUT2D eigenvalue weighted by Gasteiger charge is -2.17. The third kappa shape index (κ3) is 4.90. The van der Waals surface area contributed by atoms with E-state index in [-0.39, 0.29) is 24.3 Å². The van der Waals surface area contributed by atoms with Gasteiger partial charge in [-0.3, -0.25) is 9.59 Å². The van der Waals surface area contributed by atoms with Crippen LogP contribution < -0.4 is 15.0 Å². The Labute approximate surface area is 161 Å². The molecular formula is C19H18Cl2N2O3. The predicted molar refractivity (Wildman–Crippen MR) is 102 cm³/mol. The van der Waals surface area contributed by atoms with E-state index in [1.165, 1.54) is 0 Å². The molecule has 0 saturated carbocycles. The van der Waals surface area contributed by atoms with Crippen LogP contribution in [-0.4, -0.2) is 31.5 Å². The fraction of sp³-hybridized carbons (Fsp3) is 0.263. The van der Waals surface area contributed by atoms with E-state index in [4.69, 9.17) is 27.9 Å². The molecule has 1 N–H and O–H groups in total. The maximum absolute atomic E-state index is 12.2. The van der Waals surface area contributed by atoms with Gasteiger partial charge in [0.1, 0.15) is 5.75 Å². The molecule has 0 bridgehead atoms. The summed E-state index contributed by atoms with van der Waals surface area (Å²) >= 11 is 11.7. The van der Waals surface area contributed by atoms with E-state index in [1.54, 1.807) is 41.3 Å². The van der Waals surface area contributed by atoms with Crippen LogP contribution in [0.2, 0.25) is 10.0 Å². The average molecular weight is 393 g/mol. The van der Waals surface area contributed by atoms with Crippen molar-refractivity contribution >= 4 is 40.7 Å². The van der Waals surface area contributed by atoms with Crippen LogP contribution in [-0.2, 0) is 9.59 Å². The van der Waals surface area contributed by atoms with Gasteiger partial charge in [0.05, 0.1) is 0 Å². The average Bonchev–Trinajstić information content (AvgIpc) is 3.01. The molecule has 2 amide bonds. The van der Waals surface area contributed by atoms with Crippen LogP contribution in [0.25, 0.3) is 0 Å². The minimum Gasteiger partial charge on any atom is -0.484 e. The number of nitrogens with zero attached hydrogens (tertiary/aromatic N) is 1. The lowest BCUT2D eigenvalue weighted by molar-refractivity contribution is -0.123. The number of hydrogen-bond acceptors (Lipinski definition) is 3. The first-order valence-electron chi connectivity index (χ1n) is 8.22. The summed E-state index contributed by atoms with van der Waals surface area (Å²) in [7, 11) is 0. The summed E-state index contributed by atoms with van der Waals surface area (Å²) in [6, 6.07) is 14.0. The summed E-state index contributed by atoms with van der Waals surface area (Å²) in [6.07, 6.45) is 0.404. The first-order chi connectivity index (χ1) is 12.5. The molecule has 0 aliphatic carbocycles. The number of hydrogen-bond donors (Lipinski definition) is 1. The van der Waals surface area contributed by atoms with Crippen molar-refractivity contribution in [3.05, 3.63) is 58.6 Å². The van der Waals surface area contributed by atoms with Crippen molar-refractivity contribution in [2.45, 2.75) is 6.42 Å². The minimum atomic E-state index is -0.225. The largest absolute Gasteiger partial charge is 0.484 e. The topological polar surface area (TPSA) is 58.6 Å². The van der Waals surface area contributed by atoms with Crippen LogP contribution in [0.1, 0.15) is 6.42 Å². The highest BCUT2D eigenvalue weighted by molar-refractivity contribution is 6.30. The molecular weight excluding hydrogens is 375 g/mol. The molecule has 0 radical (unpaired) electrons. The molecule has 0 aromatic heterocycles. The van der Waals surface area contributed by atoms with Gasteiger partial charge in [-0.2, -0.15) is 0 Å². The zero-order valence-corrected chi connectivity index (χ0v) is 15.5. The Hall–Kier alpha value is -2.24. The Kier molecular flexibility index (Phi) is 6.01. The van der Waals surface area contributed by atoms with Gasteiger partial charge in [-0.25, -0.2) is 0 Å². The van der Waals surface area contributed by atoms with Gasteiger partial charge in [0.25, 0.3) is 5.91 Å². The number of benzene rings is 2. The van der Waals surface area contributed by atoms with Crippen LogP contribution >= 0.6 is 23.2 Å². The second-order valence-corrected chi connectivity index (χ2v) is 6.97. The van der Waals surface area contributed by atoms with Crippen molar-refractivity contribution < 1.29 is 14.3 Å². The standard InChI is InChI=1S/C19H18Cl2N2O3/c20-14-1-5-16(6-2-14)23-11-13(9-19(23)25)10-22-18(24)12-26-17-7-3-15(21)4-8-17/h1-8,13H,9-12H2,(H,22,24). The molecule has 1 fully saturated rings. The molecule has 136 valence electrons. The minimum absolute atomic E-state index is 0.0454. The Balaban J connectivity index is 1.44. The van der Waals surface area contributed by atoms with Crippen molar-refractivity contribution in [2.75, 3.05) is 24.6 Å². The molecule has 2 aromatic rings. The van der Waals surface area contributed by atoms with Crippen molar-refractivity contribution in [1.82, 2.24) is 5.32 Å². The van der Waals surface area contributed by atoms with E-state index in [0.717, 1.165) is 5.69 Å². The van der Waals surface area contributed by atoms with Crippen LogP contribution in [0, 0.1) is 5.92 Å². The lowest BCUT2D eigenvalue weighted by atomic mass is 10.1. The van der Waals surface area contributed by atoms with E-state index in [0.29, 0.717) is 35.3 Å². The van der Waals surface area contributed by atoms with Crippen molar-refractivity contribution in [3.8, 4) is 5.75 Å². The smallest absolute Gasteiger partial charge is 0.257 e. The van der Waals surface area contributed by atoms with Gasteiger partial charge in [0.2, 0.25) is 5.91 Å². The summed E-state index contributed by atoms with van der Waals surface area (Å²) in [5.74, 6) is 0.466. The number of nitrogens with one attached hydrogen (secondary N) is 1. The number of halogens is 2. The van der Waals surface area contributed by atoms with E-state index in [9.17, 15) is 9.59 Å². The normalized spacial score (nSPS) is 16.6. The molecule has 1 saturated heterocycles. The highest BCUT2D eigenvalue weighted by Gasteiger charge is 2.30. The molecule has 1 aliphatic heterocycles. The Morgan fingerprint density at radius 3 is 2.35 bits per heavy atom. The van der Waals surface area contributed by atoms with Crippen molar-refractivity contribution in [3.63, 3.8) is 0 Å². The summed E-state index contributed by atoms with van der Waals surface area (Å²) in [6.45, 7) is 0.917. The predicted octanol–water partition coefficient (Wildman–Crippen LogP) is 3.54. The van der Waals surface area contributed by atoms with Gasteiger partial charge in [-0.1, -0.05) is 23.2 Å². The fourth-order valence-corrected chi connectivity index (χ4v) is 3.03. The Morgan fingerprint density at radius 2 is 1.69 bits per heavy atom. The zero-order chi connectivity index (χ0) is 18.5. The highest BCUT2D eigenvalue weighted by atomic mass is 35.5. The monoisotopic (exact) mass is 392 g/mol. The number of ether oxygens (including phenoxy) is 1. The van der Waals surface area contributed by atoms with Gasteiger partial charge in [0.15, 0.2) is 6.61 Å². The summed E-state index contributed by atoms with van der Waals surface area (Å²) in [5.41, 5.74) is 0.819. The second kappa shape index (κ2) is 8.43. The van der Waals surface area contributed by atoms with Gasteiger partial charge >= 0.3 is 0 Å². The fourth-order valence-electron chi connectivity index (χ4n) is 2.78. The molecule has 1 atom stereocenters. The van der Waals surface area contributed by atoms with Crippen molar-refractivity contribution in [2.24, 2.45) is 5.92 Å². The third-order valence-electron chi connectivity index (χ3n) is 4.11. The van der Waals surface area contributed by atoms with Crippen LogP contribution in [0.5, 0.6) is 5.75 Å². The van der Waals surface area contributed by atoms with Crippen LogP contribution in [0.3, 0.4) is 0 Å². The maximum atomic E-state index is 12.2. The molecule has 7 heteroatoms. The molecule has 2 aromatic carbocycles. The molecule has 0 spiro atoms. The number of anilines is 1. The van der Waals surface area contributed by atoms with E-state index < -0.39 is 0 Å². The van der Waals surface area contributed by atoms with Crippen LogP contribution in [0.4, 0.5) is 5.69 Å². The lowest BCUT2D eigenvalue weighted by Crippen LogP contribution is -2.34.